The van der Waals surface area contributed by atoms with Gasteiger partial charge in [-0.25, -0.2) is 9.97 Å². The third kappa shape index (κ3) is 3.09. The standard InChI is InChI=1S/C13H22ClN3/c1-8(2)17(7)11-9(3)10(14)15-12(16-11)13(4,5)6/h8H,1-7H3. The molecule has 3 nitrogen and oxygen atoms in total. The number of hydrogen-bond donors (Lipinski definition) is 0. The van der Waals surface area contributed by atoms with Crippen molar-refractivity contribution in [2.75, 3.05) is 11.9 Å². The van der Waals surface area contributed by atoms with Crippen LogP contribution in [0, 0.1) is 6.92 Å². The lowest BCUT2D eigenvalue weighted by Crippen LogP contribution is -2.29. The van der Waals surface area contributed by atoms with Gasteiger partial charge in [0, 0.05) is 24.1 Å². The monoisotopic (exact) mass is 255 g/mol. The van der Waals surface area contributed by atoms with Crippen LogP contribution in [0.1, 0.15) is 46.0 Å². The van der Waals surface area contributed by atoms with Crippen LogP contribution in [-0.2, 0) is 5.41 Å². The fourth-order valence-electron chi connectivity index (χ4n) is 1.40. The van der Waals surface area contributed by atoms with Crippen LogP contribution >= 0.6 is 11.6 Å². The van der Waals surface area contributed by atoms with Crippen LogP contribution in [0.25, 0.3) is 0 Å². The van der Waals surface area contributed by atoms with E-state index >= 15 is 0 Å². The van der Waals surface area contributed by atoms with E-state index in [-0.39, 0.29) is 5.41 Å². The molecule has 0 aliphatic carbocycles. The number of rotatable bonds is 2. The van der Waals surface area contributed by atoms with E-state index in [1.165, 1.54) is 0 Å². The minimum atomic E-state index is -0.0933. The summed E-state index contributed by atoms with van der Waals surface area (Å²) in [5.74, 6) is 1.71. The molecule has 1 aromatic rings. The van der Waals surface area contributed by atoms with Crippen molar-refractivity contribution >= 4 is 17.4 Å². The van der Waals surface area contributed by atoms with E-state index in [4.69, 9.17) is 11.6 Å². The van der Waals surface area contributed by atoms with Crippen molar-refractivity contribution in [1.29, 1.82) is 0 Å². The first-order valence-electron chi connectivity index (χ1n) is 5.92. The molecule has 0 unspecified atom stereocenters. The Labute approximate surface area is 109 Å². The molecular formula is C13H22ClN3. The van der Waals surface area contributed by atoms with E-state index in [1.807, 2.05) is 14.0 Å². The van der Waals surface area contributed by atoms with Crippen LogP contribution in [0.3, 0.4) is 0 Å². The van der Waals surface area contributed by atoms with Crippen LogP contribution in [0.15, 0.2) is 0 Å². The highest BCUT2D eigenvalue weighted by Crippen LogP contribution is 2.28. The van der Waals surface area contributed by atoms with E-state index < -0.39 is 0 Å². The number of nitrogens with zero attached hydrogens (tertiary/aromatic N) is 3. The summed E-state index contributed by atoms with van der Waals surface area (Å²) < 4.78 is 0. The second kappa shape index (κ2) is 4.81. The van der Waals surface area contributed by atoms with Gasteiger partial charge in [-0.3, -0.25) is 0 Å². The number of aromatic nitrogens is 2. The maximum Gasteiger partial charge on any atom is 0.137 e. The van der Waals surface area contributed by atoms with Crippen molar-refractivity contribution in [3.05, 3.63) is 16.5 Å². The lowest BCUT2D eigenvalue weighted by atomic mass is 9.95. The third-order valence-electron chi connectivity index (χ3n) is 2.84. The molecule has 0 saturated carbocycles. The van der Waals surface area contributed by atoms with Crippen LogP contribution in [0.4, 0.5) is 5.82 Å². The minimum absolute atomic E-state index is 0.0933. The van der Waals surface area contributed by atoms with Gasteiger partial charge in [-0.2, -0.15) is 0 Å². The third-order valence-corrected chi connectivity index (χ3v) is 3.21. The molecule has 0 aliphatic heterocycles. The first-order chi connectivity index (χ1) is 7.64. The highest BCUT2D eigenvalue weighted by Gasteiger charge is 2.22. The van der Waals surface area contributed by atoms with Gasteiger partial charge in [0.25, 0.3) is 0 Å². The molecule has 4 heteroatoms. The average Bonchev–Trinajstić information content (AvgIpc) is 2.19. The van der Waals surface area contributed by atoms with E-state index in [0.717, 1.165) is 17.2 Å². The van der Waals surface area contributed by atoms with Gasteiger partial charge in [0.05, 0.1) is 0 Å². The maximum absolute atomic E-state index is 6.20. The first kappa shape index (κ1) is 14.2. The van der Waals surface area contributed by atoms with Crippen molar-refractivity contribution in [2.24, 2.45) is 0 Å². The van der Waals surface area contributed by atoms with E-state index in [0.29, 0.717) is 11.2 Å². The summed E-state index contributed by atoms with van der Waals surface area (Å²) in [6.45, 7) is 12.5. The topological polar surface area (TPSA) is 29.0 Å². The molecule has 0 fully saturated rings. The van der Waals surface area contributed by atoms with Gasteiger partial charge in [-0.1, -0.05) is 32.4 Å². The van der Waals surface area contributed by atoms with Crippen LogP contribution in [0.2, 0.25) is 5.15 Å². The SMILES string of the molecule is Cc1c(Cl)nc(C(C)(C)C)nc1N(C)C(C)C. The Balaban J connectivity index is 3.35. The number of hydrogen-bond acceptors (Lipinski definition) is 3. The molecular weight excluding hydrogens is 234 g/mol. The molecule has 0 saturated heterocycles. The van der Waals surface area contributed by atoms with Crippen LogP contribution in [0.5, 0.6) is 0 Å². The Morgan fingerprint density at radius 2 is 1.71 bits per heavy atom. The van der Waals surface area contributed by atoms with Crippen molar-refractivity contribution < 1.29 is 0 Å². The largest absolute Gasteiger partial charge is 0.357 e. The molecule has 0 aromatic carbocycles. The van der Waals surface area contributed by atoms with Crippen LogP contribution in [-0.4, -0.2) is 23.1 Å². The van der Waals surface area contributed by atoms with E-state index in [1.54, 1.807) is 0 Å². The highest BCUT2D eigenvalue weighted by atomic mass is 35.5. The summed E-state index contributed by atoms with van der Waals surface area (Å²) in [7, 11) is 2.03. The average molecular weight is 256 g/mol. The minimum Gasteiger partial charge on any atom is -0.357 e. The number of anilines is 1. The van der Waals surface area contributed by atoms with E-state index in [9.17, 15) is 0 Å². The molecule has 0 N–H and O–H groups in total. The summed E-state index contributed by atoms with van der Waals surface area (Å²) in [6, 6.07) is 0.382. The fraction of sp³-hybridized carbons (Fsp3) is 0.692. The molecule has 0 aliphatic rings. The van der Waals surface area contributed by atoms with Gasteiger partial charge < -0.3 is 4.90 Å². The quantitative estimate of drug-likeness (QED) is 0.757. The zero-order valence-corrected chi connectivity index (χ0v) is 12.6. The molecule has 0 radical (unpaired) electrons. The zero-order valence-electron chi connectivity index (χ0n) is 11.8. The van der Waals surface area contributed by atoms with Crippen molar-refractivity contribution in [1.82, 2.24) is 9.97 Å². The smallest absolute Gasteiger partial charge is 0.137 e. The van der Waals surface area contributed by atoms with Gasteiger partial charge in [-0.15, -0.1) is 0 Å². The molecule has 0 amide bonds. The maximum atomic E-state index is 6.20. The van der Waals surface area contributed by atoms with Gasteiger partial charge >= 0.3 is 0 Å². The van der Waals surface area contributed by atoms with Crippen molar-refractivity contribution in [3.63, 3.8) is 0 Å². The Kier molecular flexibility index (Phi) is 4.03. The zero-order chi connectivity index (χ0) is 13.4. The van der Waals surface area contributed by atoms with Gasteiger partial charge in [0.2, 0.25) is 0 Å². The molecule has 0 bridgehead atoms. The summed E-state index contributed by atoms with van der Waals surface area (Å²) in [4.78, 5) is 11.2. The molecule has 0 spiro atoms. The second-order valence-electron chi connectivity index (χ2n) is 5.74. The van der Waals surface area contributed by atoms with E-state index in [2.05, 4.69) is 49.5 Å². The van der Waals surface area contributed by atoms with Crippen molar-refractivity contribution in [3.8, 4) is 0 Å². The van der Waals surface area contributed by atoms with Crippen molar-refractivity contribution in [2.45, 2.75) is 53.0 Å². The molecule has 1 heterocycles. The summed E-state index contributed by atoms with van der Waals surface area (Å²) in [5.41, 5.74) is 0.847. The van der Waals surface area contributed by atoms with Gasteiger partial charge in [-0.05, 0) is 20.8 Å². The molecule has 17 heavy (non-hydrogen) atoms. The predicted molar refractivity (Wildman–Crippen MR) is 74.0 cm³/mol. The summed E-state index contributed by atoms with van der Waals surface area (Å²) >= 11 is 6.20. The molecule has 0 atom stereocenters. The predicted octanol–water partition coefficient (Wildman–Crippen LogP) is 3.58. The lowest BCUT2D eigenvalue weighted by molar-refractivity contribution is 0.542. The number of halogens is 1. The Morgan fingerprint density at radius 3 is 2.12 bits per heavy atom. The Hall–Kier alpha value is -0.830. The molecule has 96 valence electrons. The summed E-state index contributed by atoms with van der Waals surface area (Å²) in [6.07, 6.45) is 0. The van der Waals surface area contributed by atoms with Gasteiger partial charge in [0.15, 0.2) is 0 Å². The fourth-order valence-corrected chi connectivity index (χ4v) is 1.57. The Morgan fingerprint density at radius 1 is 1.18 bits per heavy atom. The molecule has 1 aromatic heterocycles. The summed E-state index contributed by atoms with van der Waals surface area (Å²) in [5, 5.41) is 0.549. The molecule has 1 rings (SSSR count). The first-order valence-corrected chi connectivity index (χ1v) is 6.30. The highest BCUT2D eigenvalue weighted by molar-refractivity contribution is 6.30. The van der Waals surface area contributed by atoms with Crippen LogP contribution < -0.4 is 4.90 Å². The second-order valence-corrected chi connectivity index (χ2v) is 6.10. The lowest BCUT2D eigenvalue weighted by Gasteiger charge is -2.27. The van der Waals surface area contributed by atoms with Gasteiger partial charge in [0.1, 0.15) is 16.8 Å². The normalized spacial score (nSPS) is 12.1. The Bertz CT molecular complexity index is 408.